The van der Waals surface area contributed by atoms with Crippen LogP contribution in [0.2, 0.25) is 5.15 Å². The van der Waals surface area contributed by atoms with Crippen molar-refractivity contribution in [3.05, 3.63) is 70.6 Å². The maximum absolute atomic E-state index is 13.3. The predicted molar refractivity (Wildman–Crippen MR) is 131 cm³/mol. The monoisotopic (exact) mass is 490 g/mol. The molecule has 1 fully saturated rings. The fourth-order valence-corrected chi connectivity index (χ4v) is 4.64. The molecule has 0 bridgehead atoms. The van der Waals surface area contributed by atoms with Gasteiger partial charge in [0.25, 0.3) is 17.6 Å². The molecule has 4 heterocycles. The molecule has 10 heteroatoms. The first-order chi connectivity index (χ1) is 16.8. The minimum atomic E-state index is -0.676. The van der Waals surface area contributed by atoms with E-state index in [1.807, 2.05) is 38.1 Å². The number of nitrogens with one attached hydrogen (secondary N) is 2. The number of piperazine rings is 1. The maximum Gasteiger partial charge on any atom is 0.295 e. The van der Waals surface area contributed by atoms with Crippen molar-refractivity contribution in [1.82, 2.24) is 30.0 Å². The smallest absolute Gasteiger partial charge is 0.295 e. The van der Waals surface area contributed by atoms with Crippen LogP contribution in [0.1, 0.15) is 33.3 Å². The highest BCUT2D eigenvalue weighted by Crippen LogP contribution is 2.31. The van der Waals surface area contributed by atoms with Crippen LogP contribution in [-0.4, -0.2) is 73.2 Å². The number of halogens is 1. The van der Waals surface area contributed by atoms with Crippen LogP contribution in [0.25, 0.3) is 22.3 Å². The molecule has 1 aliphatic heterocycles. The van der Waals surface area contributed by atoms with Crippen molar-refractivity contribution >= 4 is 40.2 Å². The highest BCUT2D eigenvalue weighted by molar-refractivity contribution is 6.45. The van der Waals surface area contributed by atoms with Gasteiger partial charge in [0.15, 0.2) is 0 Å². The standard InChI is InChI=1S/C25H23ClN6O3/c1-14-10-19(30-29-14)17-11-20(26)28-22-18(12-27-21(17)22)23(33)25(35)32-9-8-31(13-15(32)2)24(34)16-6-4-3-5-7-16/h3-7,10-12,15,27H,8-9,13H2,1-2H3,(H,29,30)/t15-/m1/s1. The number of carbonyl (C=O) groups excluding carboxylic acids is 3. The zero-order valence-electron chi connectivity index (χ0n) is 19.2. The van der Waals surface area contributed by atoms with Gasteiger partial charge in [-0.15, -0.1) is 0 Å². The van der Waals surface area contributed by atoms with Gasteiger partial charge in [0, 0.05) is 48.7 Å². The summed E-state index contributed by atoms with van der Waals surface area (Å²) in [6.07, 6.45) is 1.48. The lowest BCUT2D eigenvalue weighted by Crippen LogP contribution is -2.56. The zero-order chi connectivity index (χ0) is 24.7. The summed E-state index contributed by atoms with van der Waals surface area (Å²) in [5.41, 5.74) is 3.84. The molecule has 1 atom stereocenters. The lowest BCUT2D eigenvalue weighted by Gasteiger charge is -2.39. The van der Waals surface area contributed by atoms with E-state index in [0.717, 1.165) is 5.69 Å². The molecule has 178 valence electrons. The molecule has 0 saturated carbocycles. The van der Waals surface area contributed by atoms with Gasteiger partial charge in [0.05, 0.1) is 16.8 Å². The Kier molecular flexibility index (Phi) is 5.86. The van der Waals surface area contributed by atoms with Crippen molar-refractivity contribution in [3.63, 3.8) is 0 Å². The van der Waals surface area contributed by atoms with Crippen LogP contribution in [0.5, 0.6) is 0 Å². The third kappa shape index (κ3) is 4.19. The number of rotatable bonds is 4. The Morgan fingerprint density at radius 2 is 1.89 bits per heavy atom. The summed E-state index contributed by atoms with van der Waals surface area (Å²) in [6.45, 7) is 4.66. The molecule has 0 unspecified atom stereocenters. The minimum absolute atomic E-state index is 0.0903. The Morgan fingerprint density at radius 1 is 1.11 bits per heavy atom. The highest BCUT2D eigenvalue weighted by atomic mass is 35.5. The second-order valence-corrected chi connectivity index (χ2v) is 9.04. The second-order valence-electron chi connectivity index (χ2n) is 8.65. The lowest BCUT2D eigenvalue weighted by atomic mass is 10.1. The van der Waals surface area contributed by atoms with Crippen LogP contribution in [0.4, 0.5) is 0 Å². The van der Waals surface area contributed by atoms with Crippen molar-refractivity contribution < 1.29 is 14.4 Å². The number of aryl methyl sites for hydroxylation is 1. The van der Waals surface area contributed by atoms with Crippen molar-refractivity contribution in [3.8, 4) is 11.3 Å². The number of hydrogen-bond donors (Lipinski definition) is 2. The van der Waals surface area contributed by atoms with Gasteiger partial charge >= 0.3 is 0 Å². The Bertz CT molecular complexity index is 1440. The number of Topliss-reactive ketones (excluding diaryl/α,β-unsaturated/α-hetero) is 1. The van der Waals surface area contributed by atoms with Crippen LogP contribution in [-0.2, 0) is 4.79 Å². The van der Waals surface area contributed by atoms with Crippen LogP contribution in [0.3, 0.4) is 0 Å². The number of nitrogens with zero attached hydrogens (tertiary/aromatic N) is 4. The molecule has 4 aromatic rings. The summed E-state index contributed by atoms with van der Waals surface area (Å²) in [5.74, 6) is -1.40. The van der Waals surface area contributed by atoms with Gasteiger partial charge in [0.2, 0.25) is 0 Å². The third-order valence-electron chi connectivity index (χ3n) is 6.22. The van der Waals surface area contributed by atoms with Gasteiger partial charge < -0.3 is 14.8 Å². The molecule has 0 radical (unpaired) electrons. The topological polar surface area (TPSA) is 115 Å². The van der Waals surface area contributed by atoms with Crippen molar-refractivity contribution in [2.24, 2.45) is 0 Å². The number of pyridine rings is 1. The van der Waals surface area contributed by atoms with Gasteiger partial charge in [-0.1, -0.05) is 29.8 Å². The molecule has 1 aliphatic rings. The molecule has 35 heavy (non-hydrogen) atoms. The Hall–Kier alpha value is -3.98. The first-order valence-electron chi connectivity index (χ1n) is 11.2. The maximum atomic E-state index is 13.3. The van der Waals surface area contributed by atoms with E-state index in [1.54, 1.807) is 23.1 Å². The van der Waals surface area contributed by atoms with Crippen molar-refractivity contribution in [1.29, 1.82) is 0 Å². The fraction of sp³-hybridized carbons (Fsp3) is 0.240. The van der Waals surface area contributed by atoms with E-state index >= 15 is 0 Å². The Labute approximate surface area is 206 Å². The number of carbonyl (C=O) groups is 3. The van der Waals surface area contributed by atoms with E-state index in [0.29, 0.717) is 40.9 Å². The number of fused-ring (bicyclic) bond motifs is 1. The molecule has 0 aliphatic carbocycles. The van der Waals surface area contributed by atoms with Gasteiger partial charge in [-0.2, -0.15) is 5.10 Å². The number of ketones is 1. The van der Waals surface area contributed by atoms with E-state index in [-0.39, 0.29) is 29.2 Å². The number of H-pyrrole nitrogens is 2. The first kappa shape index (κ1) is 22.8. The molecule has 1 aromatic carbocycles. The number of benzene rings is 1. The minimum Gasteiger partial charge on any atom is -0.359 e. The lowest BCUT2D eigenvalue weighted by molar-refractivity contribution is -0.130. The molecule has 5 rings (SSSR count). The Balaban J connectivity index is 1.37. The summed E-state index contributed by atoms with van der Waals surface area (Å²) in [7, 11) is 0. The largest absolute Gasteiger partial charge is 0.359 e. The first-order valence-corrected chi connectivity index (χ1v) is 11.6. The summed E-state index contributed by atoms with van der Waals surface area (Å²) >= 11 is 6.25. The molecule has 3 aromatic heterocycles. The molecular formula is C25H23ClN6O3. The van der Waals surface area contributed by atoms with Gasteiger partial charge in [-0.05, 0) is 38.1 Å². The second kappa shape index (κ2) is 8.99. The normalized spacial score (nSPS) is 16.0. The predicted octanol–water partition coefficient (Wildman–Crippen LogP) is 3.47. The van der Waals surface area contributed by atoms with Gasteiger partial charge in [0.1, 0.15) is 10.7 Å². The van der Waals surface area contributed by atoms with E-state index in [9.17, 15) is 14.4 Å². The highest BCUT2D eigenvalue weighted by Gasteiger charge is 2.34. The number of amides is 2. The summed E-state index contributed by atoms with van der Waals surface area (Å²) in [6, 6.07) is 12.2. The number of aromatic amines is 2. The zero-order valence-corrected chi connectivity index (χ0v) is 20.0. The molecular weight excluding hydrogens is 468 g/mol. The Morgan fingerprint density at radius 3 is 2.57 bits per heavy atom. The van der Waals surface area contributed by atoms with Gasteiger partial charge in [-0.3, -0.25) is 19.5 Å². The summed E-state index contributed by atoms with van der Waals surface area (Å²) in [5, 5.41) is 7.35. The van der Waals surface area contributed by atoms with E-state index < -0.39 is 11.7 Å². The van der Waals surface area contributed by atoms with Crippen LogP contribution in [0.15, 0.2) is 48.7 Å². The van der Waals surface area contributed by atoms with E-state index in [1.165, 1.54) is 11.1 Å². The molecule has 1 saturated heterocycles. The molecule has 2 N–H and O–H groups in total. The van der Waals surface area contributed by atoms with Gasteiger partial charge in [-0.25, -0.2) is 4.98 Å². The number of aromatic nitrogens is 4. The average Bonchev–Trinajstić information content (AvgIpc) is 3.49. The van der Waals surface area contributed by atoms with Crippen molar-refractivity contribution in [2.45, 2.75) is 19.9 Å². The van der Waals surface area contributed by atoms with Crippen LogP contribution < -0.4 is 0 Å². The SMILES string of the molecule is Cc1cc(-c2cc(Cl)nc3c(C(=O)C(=O)N4CCN(C(=O)c5ccccc5)C[C@H]4C)c[nH]c23)n[nH]1. The third-order valence-corrected chi connectivity index (χ3v) is 6.41. The molecule has 2 amide bonds. The molecule has 0 spiro atoms. The van der Waals surface area contributed by atoms with E-state index in [4.69, 9.17) is 11.6 Å². The van der Waals surface area contributed by atoms with E-state index in [2.05, 4.69) is 20.2 Å². The summed E-state index contributed by atoms with van der Waals surface area (Å²) in [4.78, 5) is 49.9. The number of hydrogen-bond acceptors (Lipinski definition) is 5. The quantitative estimate of drug-likeness (QED) is 0.258. The van der Waals surface area contributed by atoms with Crippen molar-refractivity contribution in [2.75, 3.05) is 19.6 Å². The average molecular weight is 491 g/mol. The summed E-state index contributed by atoms with van der Waals surface area (Å²) < 4.78 is 0. The molecule has 9 nitrogen and oxygen atoms in total. The van der Waals surface area contributed by atoms with Crippen LogP contribution in [0, 0.1) is 6.92 Å². The fourth-order valence-electron chi connectivity index (χ4n) is 4.45. The van der Waals surface area contributed by atoms with Crippen LogP contribution >= 0.6 is 11.6 Å².